The summed E-state index contributed by atoms with van der Waals surface area (Å²) in [7, 11) is 0. The van der Waals surface area contributed by atoms with Gasteiger partial charge in [0.1, 0.15) is 24.0 Å². The van der Waals surface area contributed by atoms with Crippen LogP contribution < -0.4 is 10.5 Å². The van der Waals surface area contributed by atoms with Crippen molar-refractivity contribution < 1.29 is 14.2 Å². The van der Waals surface area contributed by atoms with Crippen LogP contribution >= 0.6 is 11.6 Å². The Balaban J connectivity index is 1.67. The predicted octanol–water partition coefficient (Wildman–Crippen LogP) is 2.74. The molecule has 0 saturated carbocycles. The third-order valence-corrected chi connectivity index (χ3v) is 5.63. The lowest BCUT2D eigenvalue weighted by Crippen LogP contribution is -2.52. The highest BCUT2D eigenvalue weighted by molar-refractivity contribution is 6.30. The summed E-state index contributed by atoms with van der Waals surface area (Å²) in [5.74, 6) is 0.895. The van der Waals surface area contributed by atoms with Gasteiger partial charge in [0.15, 0.2) is 0 Å². The molecule has 0 amide bonds. The number of nitrogens with zero attached hydrogens (tertiary/aromatic N) is 2. The molecule has 4 heterocycles. The maximum absolute atomic E-state index is 6.29. The summed E-state index contributed by atoms with van der Waals surface area (Å²) in [6.07, 6.45) is 4.29. The highest BCUT2D eigenvalue weighted by Gasteiger charge is 2.54. The zero-order valence-corrected chi connectivity index (χ0v) is 14.8. The molecular formula is C19H18ClN3O3. The Morgan fingerprint density at radius 3 is 2.92 bits per heavy atom. The number of aliphatic imine (C=N–C) groups is 1. The van der Waals surface area contributed by atoms with E-state index in [1.54, 1.807) is 12.4 Å². The Morgan fingerprint density at radius 1 is 1.19 bits per heavy atom. The average Bonchev–Trinajstić information content (AvgIpc) is 3.04. The maximum Gasteiger partial charge on any atom is 0.283 e. The number of benzene rings is 1. The van der Waals surface area contributed by atoms with E-state index in [-0.39, 0.29) is 18.0 Å². The fourth-order valence-corrected chi connectivity index (χ4v) is 4.33. The SMILES string of the molecule is NC1=N[C@@]2(CO1)c1cc(-c3cncc(Cl)c3)ccc1OC1CCOC[C@@H]12. The molecule has 5 rings (SSSR count). The molecule has 3 atom stereocenters. The third kappa shape index (κ3) is 2.36. The molecular weight excluding hydrogens is 354 g/mol. The number of halogens is 1. The van der Waals surface area contributed by atoms with Gasteiger partial charge in [0.05, 0.1) is 24.2 Å². The number of hydrogen-bond acceptors (Lipinski definition) is 6. The number of hydrogen-bond donors (Lipinski definition) is 1. The molecule has 1 saturated heterocycles. The van der Waals surface area contributed by atoms with E-state index in [0.717, 1.165) is 28.9 Å². The van der Waals surface area contributed by atoms with Gasteiger partial charge in [0, 0.05) is 29.9 Å². The second-order valence-corrected chi connectivity index (χ2v) is 7.33. The Morgan fingerprint density at radius 2 is 2.12 bits per heavy atom. The Labute approximate surface area is 155 Å². The second-order valence-electron chi connectivity index (χ2n) is 6.89. The van der Waals surface area contributed by atoms with E-state index in [9.17, 15) is 0 Å². The minimum Gasteiger partial charge on any atom is -0.489 e. The molecule has 134 valence electrons. The van der Waals surface area contributed by atoms with Crippen LogP contribution in [0.1, 0.15) is 12.0 Å². The number of aromatic nitrogens is 1. The molecule has 0 radical (unpaired) electrons. The van der Waals surface area contributed by atoms with Crippen molar-refractivity contribution in [2.24, 2.45) is 16.6 Å². The normalized spacial score (nSPS) is 29.3. The summed E-state index contributed by atoms with van der Waals surface area (Å²) >= 11 is 6.11. The van der Waals surface area contributed by atoms with Gasteiger partial charge in [-0.05, 0) is 23.8 Å². The molecule has 0 aliphatic carbocycles. The molecule has 3 aliphatic heterocycles. The molecule has 1 aromatic heterocycles. The lowest BCUT2D eigenvalue weighted by Gasteiger charge is -2.45. The van der Waals surface area contributed by atoms with Gasteiger partial charge in [0.2, 0.25) is 0 Å². The molecule has 1 aromatic carbocycles. The predicted molar refractivity (Wildman–Crippen MR) is 97.3 cm³/mol. The highest BCUT2D eigenvalue weighted by atomic mass is 35.5. The highest BCUT2D eigenvalue weighted by Crippen LogP contribution is 2.50. The van der Waals surface area contributed by atoms with E-state index in [2.05, 4.69) is 11.1 Å². The van der Waals surface area contributed by atoms with E-state index >= 15 is 0 Å². The summed E-state index contributed by atoms with van der Waals surface area (Å²) in [4.78, 5) is 8.91. The van der Waals surface area contributed by atoms with Crippen molar-refractivity contribution >= 4 is 17.6 Å². The van der Waals surface area contributed by atoms with Crippen LogP contribution in [0.15, 0.2) is 41.7 Å². The van der Waals surface area contributed by atoms with Crippen molar-refractivity contribution in [2.75, 3.05) is 19.8 Å². The van der Waals surface area contributed by atoms with E-state index in [1.807, 2.05) is 18.2 Å². The van der Waals surface area contributed by atoms with Crippen molar-refractivity contribution in [1.82, 2.24) is 4.98 Å². The van der Waals surface area contributed by atoms with Crippen LogP contribution in [0.2, 0.25) is 5.02 Å². The molecule has 2 N–H and O–H groups in total. The summed E-state index contributed by atoms with van der Waals surface area (Å²) < 4.78 is 17.6. The Bertz CT molecular complexity index is 903. The molecule has 6 nitrogen and oxygen atoms in total. The van der Waals surface area contributed by atoms with Crippen LogP contribution in [-0.4, -0.2) is 36.9 Å². The fourth-order valence-electron chi connectivity index (χ4n) is 4.16. The zero-order chi connectivity index (χ0) is 17.7. The van der Waals surface area contributed by atoms with Gasteiger partial charge >= 0.3 is 0 Å². The standard InChI is InChI=1S/C19H18ClN3O3/c20-13-5-12(7-22-8-13)11-1-2-16-14(6-11)19(10-25-18(21)23-19)15-9-24-4-3-17(15)26-16/h1-2,5-8,15,17H,3-4,9-10H2,(H2,21,23)/t15-,17?,19-/m0/s1. The third-order valence-electron chi connectivity index (χ3n) is 5.42. The summed E-state index contributed by atoms with van der Waals surface area (Å²) in [5.41, 5.74) is 8.24. The monoisotopic (exact) mass is 371 g/mol. The van der Waals surface area contributed by atoms with Gasteiger partial charge in [-0.3, -0.25) is 4.98 Å². The number of nitrogens with two attached hydrogens (primary N) is 1. The van der Waals surface area contributed by atoms with Gasteiger partial charge in [0.25, 0.3) is 6.02 Å². The lowest BCUT2D eigenvalue weighted by atomic mass is 9.72. The van der Waals surface area contributed by atoms with Crippen molar-refractivity contribution in [3.05, 3.63) is 47.2 Å². The summed E-state index contributed by atoms with van der Waals surface area (Å²) in [5, 5.41) is 0.596. The molecule has 1 unspecified atom stereocenters. The zero-order valence-electron chi connectivity index (χ0n) is 14.0. The van der Waals surface area contributed by atoms with E-state index in [4.69, 9.17) is 36.5 Å². The molecule has 1 spiro atoms. The minimum atomic E-state index is -0.579. The number of fused-ring (bicyclic) bond motifs is 4. The largest absolute Gasteiger partial charge is 0.489 e. The first-order valence-corrected chi connectivity index (χ1v) is 9.01. The van der Waals surface area contributed by atoms with Gasteiger partial charge in [-0.25, -0.2) is 4.99 Å². The van der Waals surface area contributed by atoms with Gasteiger partial charge in [-0.1, -0.05) is 17.7 Å². The van der Waals surface area contributed by atoms with Gasteiger partial charge in [-0.15, -0.1) is 0 Å². The van der Waals surface area contributed by atoms with Crippen molar-refractivity contribution in [1.29, 1.82) is 0 Å². The smallest absolute Gasteiger partial charge is 0.283 e. The Kier molecular flexibility index (Phi) is 3.58. The molecule has 3 aliphatic rings. The lowest BCUT2D eigenvalue weighted by molar-refractivity contribution is -0.0726. The Hall–Kier alpha value is -2.31. The van der Waals surface area contributed by atoms with Gasteiger partial charge < -0.3 is 19.9 Å². The quantitative estimate of drug-likeness (QED) is 0.833. The maximum atomic E-state index is 6.29. The molecule has 2 aromatic rings. The van der Waals surface area contributed by atoms with Crippen LogP contribution in [0, 0.1) is 5.92 Å². The topological polar surface area (TPSA) is 79.0 Å². The van der Waals surface area contributed by atoms with Crippen LogP contribution in [0.25, 0.3) is 11.1 Å². The first kappa shape index (κ1) is 15.9. The van der Waals surface area contributed by atoms with Crippen LogP contribution in [0.3, 0.4) is 0 Å². The van der Waals surface area contributed by atoms with E-state index in [0.29, 0.717) is 24.8 Å². The minimum absolute atomic E-state index is 0.0492. The number of rotatable bonds is 1. The van der Waals surface area contributed by atoms with Gasteiger partial charge in [-0.2, -0.15) is 0 Å². The average molecular weight is 372 g/mol. The fraction of sp³-hybridized carbons (Fsp3) is 0.368. The molecule has 0 bridgehead atoms. The summed E-state index contributed by atoms with van der Waals surface area (Å²) in [6.45, 7) is 1.67. The molecule has 26 heavy (non-hydrogen) atoms. The van der Waals surface area contributed by atoms with Crippen molar-refractivity contribution in [3.8, 4) is 16.9 Å². The molecule has 7 heteroatoms. The van der Waals surface area contributed by atoms with Crippen LogP contribution in [-0.2, 0) is 15.0 Å². The van der Waals surface area contributed by atoms with E-state index < -0.39 is 5.54 Å². The van der Waals surface area contributed by atoms with Crippen LogP contribution in [0.4, 0.5) is 0 Å². The first-order chi connectivity index (χ1) is 12.7. The number of pyridine rings is 1. The van der Waals surface area contributed by atoms with Crippen molar-refractivity contribution in [2.45, 2.75) is 18.1 Å². The second kappa shape index (κ2) is 5.86. The number of amidine groups is 1. The first-order valence-electron chi connectivity index (χ1n) is 8.64. The van der Waals surface area contributed by atoms with Crippen LogP contribution in [0.5, 0.6) is 5.75 Å². The molecule has 1 fully saturated rings. The summed E-state index contributed by atoms with van der Waals surface area (Å²) in [6, 6.07) is 8.20. The van der Waals surface area contributed by atoms with Crippen molar-refractivity contribution in [3.63, 3.8) is 0 Å². The van der Waals surface area contributed by atoms with E-state index in [1.165, 1.54) is 0 Å². The number of ether oxygens (including phenoxy) is 3.